The maximum Gasteiger partial charge on any atom is 0.357 e. The van der Waals surface area contributed by atoms with Crippen LogP contribution in [0.2, 0.25) is 0 Å². The monoisotopic (exact) mass is 383 g/mol. The molecule has 3 rings (SSSR count). The Morgan fingerprint density at radius 1 is 1.25 bits per heavy atom. The molecular weight excluding hydrogens is 358 g/mol. The Morgan fingerprint density at radius 3 is 2.68 bits per heavy atom. The van der Waals surface area contributed by atoms with Gasteiger partial charge in [-0.15, -0.1) is 5.10 Å². The molecule has 0 aliphatic heterocycles. The van der Waals surface area contributed by atoms with E-state index in [1.165, 1.54) is 11.1 Å². The molecule has 0 unspecified atom stereocenters. The van der Waals surface area contributed by atoms with Crippen molar-refractivity contribution >= 4 is 23.6 Å². The molecular formula is C20H25N5O3. The minimum absolute atomic E-state index is 0.140. The van der Waals surface area contributed by atoms with Gasteiger partial charge in [0, 0.05) is 6.04 Å². The van der Waals surface area contributed by atoms with Crippen LogP contribution in [-0.2, 0) is 14.3 Å². The number of tetrazole rings is 1. The second-order valence-electron chi connectivity index (χ2n) is 7.09. The lowest BCUT2D eigenvalue weighted by Crippen LogP contribution is -2.43. The predicted molar refractivity (Wildman–Crippen MR) is 104 cm³/mol. The second-order valence-corrected chi connectivity index (χ2v) is 7.09. The van der Waals surface area contributed by atoms with Gasteiger partial charge in [-0.05, 0) is 47.7 Å². The van der Waals surface area contributed by atoms with Gasteiger partial charge in [0.25, 0.3) is 5.91 Å². The van der Waals surface area contributed by atoms with Crippen molar-refractivity contribution < 1.29 is 14.3 Å². The summed E-state index contributed by atoms with van der Waals surface area (Å²) in [6.45, 7) is 3.48. The number of carbonyl (C=O) groups is 2. The molecule has 1 aromatic heterocycles. The molecule has 1 aliphatic carbocycles. The average molecular weight is 383 g/mol. The number of nitrogens with zero attached hydrogens (tertiary/aromatic N) is 4. The first-order chi connectivity index (χ1) is 13.5. The Bertz CT molecular complexity index is 847. The summed E-state index contributed by atoms with van der Waals surface area (Å²) in [5, 5.41) is 14.2. The number of hydrogen-bond donors (Lipinski definition) is 1. The van der Waals surface area contributed by atoms with Gasteiger partial charge in [0.15, 0.2) is 18.1 Å². The summed E-state index contributed by atoms with van der Waals surface area (Å²) in [6, 6.07) is 9.45. The third-order valence-corrected chi connectivity index (χ3v) is 4.96. The second kappa shape index (κ2) is 9.25. The number of esters is 1. The van der Waals surface area contributed by atoms with Crippen LogP contribution in [0.5, 0.6) is 0 Å². The number of carbonyl (C=O) groups excluding carboxylic acids is 2. The number of amides is 1. The van der Waals surface area contributed by atoms with Crippen molar-refractivity contribution in [2.75, 3.05) is 6.61 Å². The molecule has 1 aliphatic rings. The Hall–Kier alpha value is -3.03. The summed E-state index contributed by atoms with van der Waals surface area (Å²) in [7, 11) is 0. The van der Waals surface area contributed by atoms with E-state index in [1.807, 2.05) is 30.3 Å². The summed E-state index contributed by atoms with van der Waals surface area (Å²) in [6.07, 6.45) is 6.00. The summed E-state index contributed by atoms with van der Waals surface area (Å²) in [5.74, 6) is -0.0730. The van der Waals surface area contributed by atoms with Gasteiger partial charge >= 0.3 is 5.97 Å². The van der Waals surface area contributed by atoms with Crippen molar-refractivity contribution in [3.05, 3.63) is 41.7 Å². The SMILES string of the molecule is Cc1nnnn1/C(=C\c1ccccc1)C(=O)OCC(=O)N[C@H]1CCCC[C@H]1C. The Kier molecular flexibility index (Phi) is 6.52. The number of benzene rings is 1. The topological polar surface area (TPSA) is 99.0 Å². The van der Waals surface area contributed by atoms with Gasteiger partial charge in [0.2, 0.25) is 0 Å². The van der Waals surface area contributed by atoms with Crippen LogP contribution in [0.15, 0.2) is 30.3 Å². The molecule has 28 heavy (non-hydrogen) atoms. The van der Waals surface area contributed by atoms with Gasteiger partial charge in [-0.1, -0.05) is 50.1 Å². The zero-order chi connectivity index (χ0) is 19.9. The molecule has 8 nitrogen and oxygen atoms in total. The summed E-state index contributed by atoms with van der Waals surface area (Å²) in [4.78, 5) is 24.9. The smallest absolute Gasteiger partial charge is 0.357 e. The fraction of sp³-hybridized carbons (Fsp3) is 0.450. The summed E-state index contributed by atoms with van der Waals surface area (Å²) >= 11 is 0. The van der Waals surface area contributed by atoms with Crippen LogP contribution in [0.4, 0.5) is 0 Å². The van der Waals surface area contributed by atoms with Gasteiger partial charge in [0.05, 0.1) is 0 Å². The molecule has 2 atom stereocenters. The van der Waals surface area contributed by atoms with Crippen molar-refractivity contribution in [2.45, 2.75) is 45.6 Å². The van der Waals surface area contributed by atoms with E-state index in [4.69, 9.17) is 4.74 Å². The van der Waals surface area contributed by atoms with E-state index in [1.54, 1.807) is 13.0 Å². The highest BCUT2D eigenvalue weighted by Gasteiger charge is 2.24. The molecule has 0 spiro atoms. The summed E-state index contributed by atoms with van der Waals surface area (Å²) in [5.41, 5.74) is 0.942. The Labute approximate surface area is 164 Å². The summed E-state index contributed by atoms with van der Waals surface area (Å²) < 4.78 is 6.56. The van der Waals surface area contributed by atoms with Crippen LogP contribution in [0.25, 0.3) is 11.8 Å². The molecule has 0 saturated heterocycles. The van der Waals surface area contributed by atoms with Gasteiger partial charge in [0.1, 0.15) is 0 Å². The molecule has 8 heteroatoms. The molecule has 1 fully saturated rings. The third kappa shape index (κ3) is 5.03. The zero-order valence-electron chi connectivity index (χ0n) is 16.2. The van der Waals surface area contributed by atoms with Crippen molar-refractivity contribution in [3.8, 4) is 0 Å². The molecule has 148 valence electrons. The van der Waals surface area contributed by atoms with Gasteiger partial charge in [-0.2, -0.15) is 4.68 Å². The lowest BCUT2D eigenvalue weighted by Gasteiger charge is -2.29. The van der Waals surface area contributed by atoms with Crippen LogP contribution >= 0.6 is 0 Å². The highest BCUT2D eigenvalue weighted by Crippen LogP contribution is 2.23. The van der Waals surface area contributed by atoms with E-state index in [9.17, 15) is 9.59 Å². The van der Waals surface area contributed by atoms with Gasteiger partial charge in [-0.3, -0.25) is 4.79 Å². The van der Waals surface area contributed by atoms with Crippen molar-refractivity contribution in [3.63, 3.8) is 0 Å². The zero-order valence-corrected chi connectivity index (χ0v) is 16.2. The normalized spacial score (nSPS) is 19.9. The molecule has 1 N–H and O–H groups in total. The van der Waals surface area contributed by atoms with Crippen molar-refractivity contribution in [2.24, 2.45) is 5.92 Å². The standard InChI is InChI=1S/C20H25N5O3/c1-14-8-6-7-11-17(14)21-19(26)13-28-20(27)18(25-15(2)22-23-24-25)12-16-9-4-3-5-10-16/h3-5,9-10,12,14,17H,6-8,11,13H2,1-2H3,(H,21,26)/b18-12-/t14-,17+/m1/s1. The van der Waals surface area contributed by atoms with E-state index in [0.717, 1.165) is 24.8 Å². The minimum atomic E-state index is -0.661. The average Bonchev–Trinajstić information content (AvgIpc) is 3.12. The molecule has 1 amide bonds. The fourth-order valence-electron chi connectivity index (χ4n) is 3.35. The lowest BCUT2D eigenvalue weighted by atomic mass is 9.86. The van der Waals surface area contributed by atoms with E-state index in [2.05, 4.69) is 27.8 Å². The van der Waals surface area contributed by atoms with Crippen LogP contribution in [0.1, 0.15) is 44.0 Å². The van der Waals surface area contributed by atoms with Crippen molar-refractivity contribution in [1.29, 1.82) is 0 Å². The fourth-order valence-corrected chi connectivity index (χ4v) is 3.35. The number of rotatable bonds is 6. The highest BCUT2D eigenvalue weighted by atomic mass is 16.5. The van der Waals surface area contributed by atoms with Crippen LogP contribution in [0.3, 0.4) is 0 Å². The van der Waals surface area contributed by atoms with E-state index in [-0.39, 0.29) is 24.3 Å². The van der Waals surface area contributed by atoms with Gasteiger partial charge < -0.3 is 10.1 Å². The first-order valence-corrected chi connectivity index (χ1v) is 9.53. The number of ether oxygens (including phenoxy) is 1. The quantitative estimate of drug-likeness (QED) is 0.607. The maximum absolute atomic E-state index is 12.7. The number of nitrogens with one attached hydrogen (secondary N) is 1. The van der Waals surface area contributed by atoms with E-state index >= 15 is 0 Å². The predicted octanol–water partition coefficient (Wildman–Crippen LogP) is 2.22. The lowest BCUT2D eigenvalue weighted by molar-refractivity contribution is -0.143. The minimum Gasteiger partial charge on any atom is -0.451 e. The third-order valence-electron chi connectivity index (χ3n) is 4.96. The highest BCUT2D eigenvalue weighted by molar-refractivity contribution is 6.15. The van der Waals surface area contributed by atoms with E-state index in [0.29, 0.717) is 11.7 Å². The largest absolute Gasteiger partial charge is 0.451 e. The first-order valence-electron chi connectivity index (χ1n) is 9.53. The maximum atomic E-state index is 12.7. The molecule has 2 aromatic rings. The number of aromatic nitrogens is 4. The molecule has 0 bridgehead atoms. The van der Waals surface area contributed by atoms with Crippen LogP contribution in [0, 0.1) is 12.8 Å². The number of aryl methyl sites for hydroxylation is 1. The molecule has 1 saturated carbocycles. The van der Waals surface area contributed by atoms with Crippen molar-refractivity contribution in [1.82, 2.24) is 25.5 Å². The number of hydrogen-bond acceptors (Lipinski definition) is 6. The Balaban J connectivity index is 1.67. The van der Waals surface area contributed by atoms with Gasteiger partial charge in [-0.25, -0.2) is 4.79 Å². The van der Waals surface area contributed by atoms with Crippen LogP contribution in [-0.4, -0.2) is 44.7 Å². The Morgan fingerprint density at radius 2 is 2.00 bits per heavy atom. The molecule has 0 radical (unpaired) electrons. The van der Waals surface area contributed by atoms with Crippen LogP contribution < -0.4 is 5.32 Å². The molecule has 1 aromatic carbocycles. The molecule has 1 heterocycles. The first kappa shape index (κ1) is 19.7. The van der Waals surface area contributed by atoms with E-state index < -0.39 is 5.97 Å².